The van der Waals surface area contributed by atoms with Crippen LogP contribution >= 0.6 is 0 Å². The van der Waals surface area contributed by atoms with E-state index in [1.54, 1.807) is 0 Å². The van der Waals surface area contributed by atoms with E-state index in [0.29, 0.717) is 19.0 Å². The number of sulfonamides is 1. The molecule has 3 N–H and O–H groups in total. The molecular weight excluding hydrogens is 276 g/mol. The molecule has 0 spiro atoms. The first-order chi connectivity index (χ1) is 9.47. The summed E-state index contributed by atoms with van der Waals surface area (Å²) in [6.07, 6.45) is 2.94. The topological polar surface area (TPSA) is 87.8 Å². The predicted octanol–water partition coefficient (Wildman–Crippen LogP) is 0.837. The molecule has 1 atom stereocenters. The Kier molecular flexibility index (Phi) is 4.61. The van der Waals surface area contributed by atoms with Gasteiger partial charge in [0.2, 0.25) is 10.0 Å². The number of nitrogens with one attached hydrogen (secondary N) is 1. The monoisotopic (exact) mass is 296 g/mol. The van der Waals surface area contributed by atoms with Crippen LogP contribution in [0.3, 0.4) is 0 Å². The highest BCUT2D eigenvalue weighted by molar-refractivity contribution is 7.88. The van der Waals surface area contributed by atoms with Crippen LogP contribution in [0.1, 0.15) is 12.8 Å². The summed E-state index contributed by atoms with van der Waals surface area (Å²) >= 11 is 0. The molecule has 110 valence electrons. The summed E-state index contributed by atoms with van der Waals surface area (Å²) in [5.41, 5.74) is 6.67. The average molecular weight is 296 g/mol. The van der Waals surface area contributed by atoms with Gasteiger partial charge in [-0.25, -0.2) is 8.42 Å². The molecule has 1 heterocycles. The first-order valence-corrected chi connectivity index (χ1v) is 8.40. The Balaban J connectivity index is 1.95. The highest BCUT2D eigenvalue weighted by atomic mass is 32.2. The van der Waals surface area contributed by atoms with E-state index in [4.69, 9.17) is 5.73 Å². The molecule has 0 aliphatic carbocycles. The summed E-state index contributed by atoms with van der Waals surface area (Å²) in [6.45, 7) is 0.962. The SMILES string of the molecule is CS(=O)(=O)N1CCC[C@@H]1CN=C(N)Nc1ccccc1. The van der Waals surface area contributed by atoms with Crippen LogP contribution in [-0.2, 0) is 10.0 Å². The maximum atomic E-state index is 11.6. The molecule has 0 aromatic heterocycles. The number of hydrogen-bond acceptors (Lipinski definition) is 3. The fraction of sp³-hybridized carbons (Fsp3) is 0.462. The van der Waals surface area contributed by atoms with E-state index in [1.165, 1.54) is 10.6 Å². The molecule has 0 saturated carbocycles. The molecule has 1 aromatic rings. The van der Waals surface area contributed by atoms with Crippen molar-refractivity contribution in [3.05, 3.63) is 30.3 Å². The van der Waals surface area contributed by atoms with Gasteiger partial charge in [-0.1, -0.05) is 18.2 Å². The van der Waals surface area contributed by atoms with Crippen LogP contribution in [0.5, 0.6) is 0 Å². The van der Waals surface area contributed by atoms with E-state index in [0.717, 1.165) is 18.5 Å². The fourth-order valence-electron chi connectivity index (χ4n) is 2.34. The molecule has 20 heavy (non-hydrogen) atoms. The first-order valence-electron chi connectivity index (χ1n) is 6.55. The number of nitrogens with two attached hydrogens (primary N) is 1. The Hall–Kier alpha value is -1.60. The highest BCUT2D eigenvalue weighted by Crippen LogP contribution is 2.20. The van der Waals surface area contributed by atoms with Gasteiger partial charge in [-0.2, -0.15) is 4.31 Å². The van der Waals surface area contributed by atoms with Gasteiger partial charge in [-0.3, -0.25) is 4.99 Å². The van der Waals surface area contributed by atoms with Crippen LogP contribution < -0.4 is 11.1 Å². The lowest BCUT2D eigenvalue weighted by Gasteiger charge is -2.20. The van der Waals surface area contributed by atoms with Crippen molar-refractivity contribution in [2.75, 3.05) is 24.7 Å². The zero-order chi connectivity index (χ0) is 14.6. The maximum absolute atomic E-state index is 11.6. The third kappa shape index (κ3) is 3.94. The number of guanidine groups is 1. The Labute approximate surface area is 119 Å². The molecular formula is C13H20N4O2S. The zero-order valence-electron chi connectivity index (χ0n) is 11.5. The molecule has 0 bridgehead atoms. The molecule has 1 fully saturated rings. The normalized spacial score (nSPS) is 21.1. The van der Waals surface area contributed by atoms with Gasteiger partial charge in [-0.05, 0) is 25.0 Å². The van der Waals surface area contributed by atoms with E-state index in [9.17, 15) is 8.42 Å². The minimum atomic E-state index is -3.16. The second kappa shape index (κ2) is 6.23. The molecule has 1 aliphatic rings. The van der Waals surface area contributed by atoms with Crippen molar-refractivity contribution in [2.45, 2.75) is 18.9 Å². The number of benzene rings is 1. The van der Waals surface area contributed by atoms with Crippen LogP contribution in [-0.4, -0.2) is 44.1 Å². The fourth-order valence-corrected chi connectivity index (χ4v) is 3.52. The zero-order valence-corrected chi connectivity index (χ0v) is 12.3. The molecule has 0 amide bonds. The molecule has 1 saturated heterocycles. The van der Waals surface area contributed by atoms with Crippen molar-refractivity contribution in [3.8, 4) is 0 Å². The van der Waals surface area contributed by atoms with Crippen LogP contribution in [0, 0.1) is 0 Å². The van der Waals surface area contributed by atoms with Crippen molar-refractivity contribution >= 4 is 21.7 Å². The smallest absolute Gasteiger partial charge is 0.211 e. The number of aliphatic imine (C=N–C) groups is 1. The second-order valence-corrected chi connectivity index (χ2v) is 6.82. The van der Waals surface area contributed by atoms with Crippen LogP contribution in [0.2, 0.25) is 0 Å². The van der Waals surface area contributed by atoms with Crippen molar-refractivity contribution in [1.82, 2.24) is 4.31 Å². The van der Waals surface area contributed by atoms with Crippen molar-refractivity contribution in [1.29, 1.82) is 0 Å². The third-order valence-electron chi connectivity index (χ3n) is 3.27. The lowest BCUT2D eigenvalue weighted by atomic mass is 10.2. The van der Waals surface area contributed by atoms with Gasteiger partial charge >= 0.3 is 0 Å². The molecule has 2 rings (SSSR count). The van der Waals surface area contributed by atoms with Gasteiger partial charge in [-0.15, -0.1) is 0 Å². The van der Waals surface area contributed by atoms with E-state index in [1.807, 2.05) is 30.3 Å². The van der Waals surface area contributed by atoms with Gasteiger partial charge in [0.1, 0.15) is 0 Å². The third-order valence-corrected chi connectivity index (χ3v) is 4.60. The predicted molar refractivity (Wildman–Crippen MR) is 81.1 cm³/mol. The van der Waals surface area contributed by atoms with Gasteiger partial charge in [0.05, 0.1) is 12.8 Å². The Morgan fingerprint density at radius 3 is 2.80 bits per heavy atom. The van der Waals surface area contributed by atoms with E-state index < -0.39 is 10.0 Å². The van der Waals surface area contributed by atoms with Gasteiger partial charge in [0.15, 0.2) is 5.96 Å². The highest BCUT2D eigenvalue weighted by Gasteiger charge is 2.30. The van der Waals surface area contributed by atoms with E-state index >= 15 is 0 Å². The van der Waals surface area contributed by atoms with Crippen LogP contribution in [0.15, 0.2) is 35.3 Å². The van der Waals surface area contributed by atoms with Gasteiger partial charge in [0.25, 0.3) is 0 Å². The van der Waals surface area contributed by atoms with Crippen molar-refractivity contribution in [3.63, 3.8) is 0 Å². The lowest BCUT2D eigenvalue weighted by Crippen LogP contribution is -2.37. The summed E-state index contributed by atoms with van der Waals surface area (Å²) < 4.78 is 24.7. The van der Waals surface area contributed by atoms with Gasteiger partial charge < -0.3 is 11.1 Å². The number of anilines is 1. The molecule has 1 aromatic carbocycles. The number of para-hydroxylation sites is 1. The molecule has 7 heteroatoms. The number of rotatable bonds is 4. The Bertz CT molecular complexity index is 571. The minimum absolute atomic E-state index is 0.0823. The molecule has 0 radical (unpaired) electrons. The minimum Gasteiger partial charge on any atom is -0.370 e. The van der Waals surface area contributed by atoms with Crippen molar-refractivity contribution in [2.24, 2.45) is 10.7 Å². The quantitative estimate of drug-likeness (QED) is 0.636. The number of hydrogen-bond donors (Lipinski definition) is 2. The van der Waals surface area contributed by atoms with Gasteiger partial charge in [0, 0.05) is 18.3 Å². The summed E-state index contributed by atoms with van der Waals surface area (Å²) in [5.74, 6) is 0.302. The standard InChI is InChI=1S/C13H20N4O2S/c1-20(18,19)17-9-5-8-12(17)10-15-13(14)16-11-6-3-2-4-7-11/h2-4,6-7,12H,5,8-10H2,1H3,(H3,14,15,16)/t12-/m1/s1. The first kappa shape index (κ1) is 14.8. The van der Waals surface area contributed by atoms with E-state index in [-0.39, 0.29) is 6.04 Å². The molecule has 0 unspecified atom stereocenters. The largest absolute Gasteiger partial charge is 0.370 e. The Morgan fingerprint density at radius 2 is 2.15 bits per heavy atom. The van der Waals surface area contributed by atoms with Crippen LogP contribution in [0.25, 0.3) is 0 Å². The van der Waals surface area contributed by atoms with Crippen molar-refractivity contribution < 1.29 is 8.42 Å². The van der Waals surface area contributed by atoms with Crippen LogP contribution in [0.4, 0.5) is 5.69 Å². The maximum Gasteiger partial charge on any atom is 0.211 e. The summed E-state index contributed by atoms with van der Waals surface area (Å²) in [4.78, 5) is 4.24. The summed E-state index contributed by atoms with van der Waals surface area (Å²) in [6, 6.07) is 9.42. The number of nitrogens with zero attached hydrogens (tertiary/aromatic N) is 2. The molecule has 6 nitrogen and oxygen atoms in total. The summed E-state index contributed by atoms with van der Waals surface area (Å²) in [5, 5.41) is 2.98. The summed E-state index contributed by atoms with van der Waals surface area (Å²) in [7, 11) is -3.16. The average Bonchev–Trinajstić information content (AvgIpc) is 2.86. The van der Waals surface area contributed by atoms with E-state index in [2.05, 4.69) is 10.3 Å². The lowest BCUT2D eigenvalue weighted by molar-refractivity contribution is 0.397. The second-order valence-electron chi connectivity index (χ2n) is 4.89. The Morgan fingerprint density at radius 1 is 1.45 bits per heavy atom. The molecule has 1 aliphatic heterocycles.